The Hall–Kier alpha value is -3.26. The average Bonchev–Trinajstić information content (AvgIpc) is 3.18. The van der Waals surface area contributed by atoms with Gasteiger partial charge < -0.3 is 8.83 Å². The molecule has 0 aliphatic rings. The van der Waals surface area contributed by atoms with Gasteiger partial charge in [-0.1, -0.05) is 60.7 Å². The number of fused-ring (bicyclic) bond motifs is 9. The van der Waals surface area contributed by atoms with Crippen molar-refractivity contribution in [2.24, 2.45) is 0 Å². The molecule has 6 rings (SSSR count). The highest BCUT2D eigenvalue weighted by Gasteiger charge is 2.18. The van der Waals surface area contributed by atoms with Crippen molar-refractivity contribution in [3.63, 3.8) is 0 Å². The maximum absolute atomic E-state index is 6.13. The lowest BCUT2D eigenvalue weighted by atomic mass is 10.0. The van der Waals surface area contributed by atoms with Crippen LogP contribution in [-0.2, 0) is 0 Å². The predicted molar refractivity (Wildman–Crippen MR) is 98.5 cm³/mol. The summed E-state index contributed by atoms with van der Waals surface area (Å²) in [6.07, 6.45) is 0. The monoisotopic (exact) mass is 308 g/mol. The van der Waals surface area contributed by atoms with Crippen LogP contribution in [0.2, 0.25) is 0 Å². The fourth-order valence-electron chi connectivity index (χ4n) is 3.77. The van der Waals surface area contributed by atoms with Crippen LogP contribution in [0.25, 0.3) is 54.6 Å². The Morgan fingerprint density at radius 3 is 1.50 bits per heavy atom. The van der Waals surface area contributed by atoms with Crippen LogP contribution in [0.4, 0.5) is 0 Å². The second-order valence-corrected chi connectivity index (χ2v) is 6.19. The van der Waals surface area contributed by atoms with Crippen LogP contribution in [0.5, 0.6) is 0 Å². The summed E-state index contributed by atoms with van der Waals surface area (Å²) in [5.74, 6) is 0.604. The van der Waals surface area contributed by atoms with Crippen LogP contribution in [0.1, 0.15) is 0 Å². The molecule has 0 radical (unpaired) electrons. The lowest BCUT2D eigenvalue weighted by Crippen LogP contribution is -1.75. The van der Waals surface area contributed by atoms with Gasteiger partial charge in [0.2, 0.25) is 0 Å². The molecular weight excluding hydrogens is 296 g/mol. The molecule has 0 aliphatic carbocycles. The quantitative estimate of drug-likeness (QED) is 0.314. The Morgan fingerprint density at radius 1 is 0.458 bits per heavy atom. The predicted octanol–water partition coefficient (Wildman–Crippen LogP) is 6.64. The zero-order valence-corrected chi connectivity index (χ0v) is 12.7. The molecule has 4 aromatic carbocycles. The van der Waals surface area contributed by atoms with Crippen LogP contribution >= 0.6 is 0 Å². The number of hydrogen-bond donors (Lipinski definition) is 0. The molecule has 0 unspecified atom stereocenters. The molecule has 6 aromatic rings. The van der Waals surface area contributed by atoms with Crippen molar-refractivity contribution in [1.82, 2.24) is 0 Å². The summed E-state index contributed by atoms with van der Waals surface area (Å²) in [5.41, 5.74) is 1.80. The molecule has 0 spiro atoms. The minimum absolute atomic E-state index is 0.604. The van der Waals surface area contributed by atoms with E-state index in [1.54, 1.807) is 0 Å². The molecule has 24 heavy (non-hydrogen) atoms. The highest BCUT2D eigenvalue weighted by atomic mass is 16.5. The Kier molecular flexibility index (Phi) is 2.12. The van der Waals surface area contributed by atoms with Gasteiger partial charge in [0, 0.05) is 21.5 Å². The minimum atomic E-state index is 0.604. The maximum Gasteiger partial charge on any atom is 0.299 e. The average molecular weight is 308 g/mol. The largest absolute Gasteiger partial charge is 0.424 e. The van der Waals surface area contributed by atoms with Crippen molar-refractivity contribution in [3.05, 3.63) is 72.8 Å². The second kappa shape index (κ2) is 4.18. The van der Waals surface area contributed by atoms with Gasteiger partial charge in [-0.3, -0.25) is 0 Å². The molecule has 0 bridgehead atoms. The summed E-state index contributed by atoms with van der Waals surface area (Å²) in [6.45, 7) is 0. The summed E-state index contributed by atoms with van der Waals surface area (Å²) in [4.78, 5) is 0. The zero-order chi connectivity index (χ0) is 15.7. The lowest BCUT2D eigenvalue weighted by molar-refractivity contribution is 0.527. The standard InChI is InChI=1S/C22H12O2/c1-3-7-15-13(5-1)9-11-17-19-18-12-10-14-6-2-4-8-16(14)21(18)24-22(19)23-20(15)17/h1-12H. The summed E-state index contributed by atoms with van der Waals surface area (Å²) < 4.78 is 12.3. The van der Waals surface area contributed by atoms with Gasteiger partial charge in [-0.2, -0.15) is 0 Å². The third-order valence-corrected chi connectivity index (χ3v) is 4.89. The highest BCUT2D eigenvalue weighted by Crippen LogP contribution is 2.41. The van der Waals surface area contributed by atoms with E-state index in [9.17, 15) is 0 Å². The fraction of sp³-hybridized carbons (Fsp3) is 0. The first-order valence-electron chi connectivity index (χ1n) is 8.04. The van der Waals surface area contributed by atoms with Gasteiger partial charge in [0.1, 0.15) is 11.2 Å². The molecule has 2 nitrogen and oxygen atoms in total. The molecule has 0 fully saturated rings. The summed E-state index contributed by atoms with van der Waals surface area (Å²) in [7, 11) is 0. The Bertz CT molecular complexity index is 1290. The number of rotatable bonds is 0. The van der Waals surface area contributed by atoms with E-state index < -0.39 is 0 Å². The Labute approximate surface area is 136 Å². The third-order valence-electron chi connectivity index (χ3n) is 4.89. The van der Waals surface area contributed by atoms with Crippen molar-refractivity contribution >= 4 is 54.6 Å². The minimum Gasteiger partial charge on any atom is -0.424 e. The van der Waals surface area contributed by atoms with E-state index in [2.05, 4.69) is 48.5 Å². The summed E-state index contributed by atoms with van der Waals surface area (Å²) in [6, 6.07) is 25.1. The van der Waals surface area contributed by atoms with Crippen molar-refractivity contribution < 1.29 is 8.83 Å². The first kappa shape index (κ1) is 12.2. The SMILES string of the molecule is c1ccc2c(c1)ccc1c2oc2oc3c4ccccc4ccc3c21. The van der Waals surface area contributed by atoms with E-state index in [0.717, 1.165) is 38.1 Å². The molecule has 0 amide bonds. The number of furan rings is 2. The van der Waals surface area contributed by atoms with E-state index in [-0.39, 0.29) is 0 Å². The Balaban J connectivity index is 1.87. The van der Waals surface area contributed by atoms with Crippen molar-refractivity contribution in [2.75, 3.05) is 0 Å². The van der Waals surface area contributed by atoms with Gasteiger partial charge in [0.25, 0.3) is 5.78 Å². The van der Waals surface area contributed by atoms with Crippen molar-refractivity contribution in [1.29, 1.82) is 0 Å². The highest BCUT2D eigenvalue weighted by molar-refractivity contribution is 6.25. The first-order valence-corrected chi connectivity index (χ1v) is 8.04. The normalized spacial score (nSPS) is 12.2. The van der Waals surface area contributed by atoms with Gasteiger partial charge in [-0.25, -0.2) is 0 Å². The van der Waals surface area contributed by atoms with Crippen LogP contribution < -0.4 is 0 Å². The topological polar surface area (TPSA) is 26.3 Å². The first-order chi connectivity index (χ1) is 11.9. The maximum atomic E-state index is 6.13. The fourth-order valence-corrected chi connectivity index (χ4v) is 3.77. The molecular formula is C22H12O2. The Morgan fingerprint density at radius 2 is 0.958 bits per heavy atom. The van der Waals surface area contributed by atoms with Gasteiger partial charge in [-0.05, 0) is 22.9 Å². The van der Waals surface area contributed by atoms with E-state index in [4.69, 9.17) is 8.83 Å². The molecule has 0 N–H and O–H groups in total. The second-order valence-electron chi connectivity index (χ2n) is 6.19. The molecule has 0 saturated carbocycles. The van der Waals surface area contributed by atoms with Gasteiger partial charge in [-0.15, -0.1) is 0 Å². The third kappa shape index (κ3) is 1.41. The van der Waals surface area contributed by atoms with E-state index in [0.29, 0.717) is 5.78 Å². The number of hydrogen-bond acceptors (Lipinski definition) is 2. The van der Waals surface area contributed by atoms with Gasteiger partial charge in [0.05, 0.1) is 5.39 Å². The molecule has 2 heterocycles. The smallest absolute Gasteiger partial charge is 0.299 e. The summed E-state index contributed by atoms with van der Waals surface area (Å²) >= 11 is 0. The molecule has 2 aromatic heterocycles. The van der Waals surface area contributed by atoms with Crippen molar-refractivity contribution in [2.45, 2.75) is 0 Å². The van der Waals surface area contributed by atoms with E-state index in [1.165, 1.54) is 10.8 Å². The molecule has 0 aliphatic heterocycles. The molecule has 112 valence electrons. The summed E-state index contributed by atoms with van der Waals surface area (Å²) in [5, 5.41) is 7.88. The zero-order valence-electron chi connectivity index (χ0n) is 12.7. The van der Waals surface area contributed by atoms with Crippen LogP contribution in [-0.4, -0.2) is 0 Å². The number of benzene rings is 4. The molecule has 2 heteroatoms. The van der Waals surface area contributed by atoms with Crippen LogP contribution in [0.3, 0.4) is 0 Å². The molecule has 0 saturated heterocycles. The van der Waals surface area contributed by atoms with Gasteiger partial charge in [0.15, 0.2) is 0 Å². The lowest BCUT2D eigenvalue weighted by Gasteiger charge is -1.99. The van der Waals surface area contributed by atoms with Crippen molar-refractivity contribution in [3.8, 4) is 0 Å². The molecule has 0 atom stereocenters. The van der Waals surface area contributed by atoms with Crippen LogP contribution in [0.15, 0.2) is 81.6 Å². The van der Waals surface area contributed by atoms with E-state index in [1.807, 2.05) is 24.3 Å². The van der Waals surface area contributed by atoms with E-state index >= 15 is 0 Å². The van der Waals surface area contributed by atoms with Crippen LogP contribution in [0, 0.1) is 0 Å². The van der Waals surface area contributed by atoms with Gasteiger partial charge >= 0.3 is 0 Å².